The third kappa shape index (κ3) is 5.42. The molecule has 2 N–H and O–H groups in total. The molecule has 0 amide bonds. The van der Waals surface area contributed by atoms with Crippen molar-refractivity contribution in [1.29, 1.82) is 0 Å². The summed E-state index contributed by atoms with van der Waals surface area (Å²) in [6.45, 7) is 7.11. The fourth-order valence-corrected chi connectivity index (χ4v) is 1.66. The summed E-state index contributed by atoms with van der Waals surface area (Å²) in [5.41, 5.74) is 8.45. The van der Waals surface area contributed by atoms with E-state index < -0.39 is 0 Å². The van der Waals surface area contributed by atoms with Crippen molar-refractivity contribution in [2.75, 3.05) is 6.61 Å². The first-order valence-corrected chi connectivity index (χ1v) is 6.15. The summed E-state index contributed by atoms with van der Waals surface area (Å²) < 4.78 is 5.64. The Morgan fingerprint density at radius 3 is 2.53 bits per heavy atom. The summed E-state index contributed by atoms with van der Waals surface area (Å²) in [7, 11) is 0. The van der Waals surface area contributed by atoms with E-state index in [1.165, 1.54) is 11.1 Å². The monoisotopic (exact) mass is 257 g/mol. The Labute approximate surface area is 111 Å². The van der Waals surface area contributed by atoms with Crippen molar-refractivity contribution < 1.29 is 4.74 Å². The summed E-state index contributed by atoms with van der Waals surface area (Å²) in [4.78, 5) is 0. The zero-order valence-corrected chi connectivity index (χ0v) is 11.8. The lowest BCUT2D eigenvalue weighted by Crippen LogP contribution is -2.21. The molecule has 0 aliphatic rings. The fraction of sp³-hybridized carbons (Fsp3) is 0.571. The molecular weight excluding hydrogens is 234 g/mol. The fourth-order valence-electron chi connectivity index (χ4n) is 1.66. The van der Waals surface area contributed by atoms with Crippen LogP contribution in [0.5, 0.6) is 5.75 Å². The van der Waals surface area contributed by atoms with Gasteiger partial charge in [0.25, 0.3) is 0 Å². The first-order chi connectivity index (χ1) is 7.67. The largest absolute Gasteiger partial charge is 0.493 e. The highest BCUT2D eigenvalue weighted by atomic mass is 35.5. The number of halogens is 1. The highest BCUT2D eigenvalue weighted by Gasteiger charge is 2.04. The van der Waals surface area contributed by atoms with E-state index in [-0.39, 0.29) is 18.4 Å². The Balaban J connectivity index is 0.00000256. The molecule has 98 valence electrons. The smallest absolute Gasteiger partial charge is 0.122 e. The molecule has 1 aromatic carbocycles. The lowest BCUT2D eigenvalue weighted by Gasteiger charge is -2.12. The van der Waals surface area contributed by atoms with Gasteiger partial charge in [0.1, 0.15) is 5.75 Å². The van der Waals surface area contributed by atoms with Gasteiger partial charge in [0.15, 0.2) is 0 Å². The highest BCUT2D eigenvalue weighted by Crippen LogP contribution is 2.20. The standard InChI is InChI=1S/C14H23NO.ClH/c1-4-8-16-14-7-6-12(9-11(14)3)10-13(15)5-2;/h6-7,9,13H,4-5,8,10,15H2,1-3H3;1H. The van der Waals surface area contributed by atoms with E-state index in [1.807, 2.05) is 0 Å². The van der Waals surface area contributed by atoms with Crippen molar-refractivity contribution in [3.8, 4) is 5.75 Å². The molecule has 0 bridgehead atoms. The maximum Gasteiger partial charge on any atom is 0.122 e. The number of rotatable bonds is 6. The van der Waals surface area contributed by atoms with Crippen LogP contribution in [0.2, 0.25) is 0 Å². The van der Waals surface area contributed by atoms with E-state index >= 15 is 0 Å². The van der Waals surface area contributed by atoms with Gasteiger partial charge in [-0.2, -0.15) is 0 Å². The van der Waals surface area contributed by atoms with E-state index in [2.05, 4.69) is 39.0 Å². The summed E-state index contributed by atoms with van der Waals surface area (Å²) in [5, 5.41) is 0. The zero-order valence-electron chi connectivity index (χ0n) is 11.0. The predicted octanol–water partition coefficient (Wildman–Crippen LogP) is 3.49. The molecule has 0 radical (unpaired) electrons. The second-order valence-corrected chi connectivity index (χ2v) is 4.32. The lowest BCUT2D eigenvalue weighted by molar-refractivity contribution is 0.315. The van der Waals surface area contributed by atoms with E-state index in [0.717, 1.165) is 31.6 Å². The molecule has 0 aliphatic carbocycles. The van der Waals surface area contributed by atoms with Crippen molar-refractivity contribution in [3.05, 3.63) is 29.3 Å². The van der Waals surface area contributed by atoms with E-state index in [1.54, 1.807) is 0 Å². The van der Waals surface area contributed by atoms with Gasteiger partial charge in [0.2, 0.25) is 0 Å². The number of aryl methyl sites for hydroxylation is 1. The summed E-state index contributed by atoms with van der Waals surface area (Å²) in [5.74, 6) is 0.996. The Hall–Kier alpha value is -0.730. The molecule has 0 fully saturated rings. The quantitative estimate of drug-likeness (QED) is 0.847. The van der Waals surface area contributed by atoms with Crippen LogP contribution in [0.3, 0.4) is 0 Å². The van der Waals surface area contributed by atoms with Gasteiger partial charge < -0.3 is 10.5 Å². The molecule has 3 heteroatoms. The SMILES string of the molecule is CCCOc1ccc(CC(N)CC)cc1C.Cl. The van der Waals surface area contributed by atoms with Gasteiger partial charge in [-0.15, -0.1) is 12.4 Å². The van der Waals surface area contributed by atoms with Gasteiger partial charge in [-0.3, -0.25) is 0 Å². The number of ether oxygens (including phenoxy) is 1. The van der Waals surface area contributed by atoms with Gasteiger partial charge in [0.05, 0.1) is 6.61 Å². The summed E-state index contributed by atoms with van der Waals surface area (Å²) in [6.07, 6.45) is 3.01. The Kier molecular flexibility index (Phi) is 8.01. The van der Waals surface area contributed by atoms with Gasteiger partial charge in [-0.05, 0) is 43.4 Å². The molecule has 0 spiro atoms. The third-order valence-corrected chi connectivity index (χ3v) is 2.72. The Morgan fingerprint density at radius 2 is 2.00 bits per heavy atom. The molecule has 0 saturated carbocycles. The van der Waals surface area contributed by atoms with Crippen LogP contribution in [0.15, 0.2) is 18.2 Å². The van der Waals surface area contributed by atoms with E-state index in [9.17, 15) is 0 Å². The predicted molar refractivity (Wildman–Crippen MR) is 76.2 cm³/mol. The van der Waals surface area contributed by atoms with Crippen LogP contribution in [0.25, 0.3) is 0 Å². The molecule has 0 aromatic heterocycles. The molecule has 2 nitrogen and oxygen atoms in total. The normalized spacial score (nSPS) is 11.8. The lowest BCUT2D eigenvalue weighted by atomic mass is 10.0. The molecular formula is C14H24ClNO. The first kappa shape index (κ1) is 16.3. The highest BCUT2D eigenvalue weighted by molar-refractivity contribution is 5.85. The Bertz CT molecular complexity index is 328. The van der Waals surface area contributed by atoms with E-state index in [4.69, 9.17) is 10.5 Å². The minimum absolute atomic E-state index is 0. The molecule has 1 unspecified atom stereocenters. The van der Waals surface area contributed by atoms with Crippen molar-refractivity contribution in [3.63, 3.8) is 0 Å². The number of nitrogens with two attached hydrogens (primary N) is 1. The third-order valence-electron chi connectivity index (χ3n) is 2.72. The second kappa shape index (κ2) is 8.37. The summed E-state index contributed by atoms with van der Waals surface area (Å²) >= 11 is 0. The number of hydrogen-bond donors (Lipinski definition) is 1. The number of benzene rings is 1. The molecule has 0 heterocycles. The van der Waals surface area contributed by atoms with Crippen LogP contribution < -0.4 is 10.5 Å². The van der Waals surface area contributed by atoms with Crippen LogP contribution in [0, 0.1) is 6.92 Å². The zero-order chi connectivity index (χ0) is 12.0. The van der Waals surface area contributed by atoms with Crippen molar-refractivity contribution >= 4 is 12.4 Å². The molecule has 1 rings (SSSR count). The van der Waals surface area contributed by atoms with Crippen molar-refractivity contribution in [1.82, 2.24) is 0 Å². The maximum atomic E-state index is 5.94. The maximum absolute atomic E-state index is 5.94. The van der Waals surface area contributed by atoms with Crippen LogP contribution in [-0.2, 0) is 6.42 Å². The van der Waals surface area contributed by atoms with E-state index in [0.29, 0.717) is 0 Å². The second-order valence-electron chi connectivity index (χ2n) is 4.32. The van der Waals surface area contributed by atoms with Crippen molar-refractivity contribution in [2.45, 2.75) is 46.1 Å². The van der Waals surface area contributed by atoms with Gasteiger partial charge in [-0.25, -0.2) is 0 Å². The minimum atomic E-state index is 0. The van der Waals surface area contributed by atoms with Crippen LogP contribution >= 0.6 is 12.4 Å². The van der Waals surface area contributed by atoms with Gasteiger partial charge >= 0.3 is 0 Å². The number of hydrogen-bond acceptors (Lipinski definition) is 2. The average molecular weight is 258 g/mol. The molecule has 1 atom stereocenters. The first-order valence-electron chi connectivity index (χ1n) is 6.15. The van der Waals surface area contributed by atoms with Gasteiger partial charge in [-0.1, -0.05) is 26.0 Å². The minimum Gasteiger partial charge on any atom is -0.493 e. The molecule has 0 aliphatic heterocycles. The Morgan fingerprint density at radius 1 is 1.29 bits per heavy atom. The summed E-state index contributed by atoms with van der Waals surface area (Å²) in [6, 6.07) is 6.62. The van der Waals surface area contributed by atoms with Crippen LogP contribution in [-0.4, -0.2) is 12.6 Å². The molecule has 1 aromatic rings. The van der Waals surface area contributed by atoms with Gasteiger partial charge in [0, 0.05) is 6.04 Å². The molecule has 0 saturated heterocycles. The topological polar surface area (TPSA) is 35.2 Å². The van der Waals surface area contributed by atoms with Crippen LogP contribution in [0.1, 0.15) is 37.8 Å². The van der Waals surface area contributed by atoms with Crippen molar-refractivity contribution in [2.24, 2.45) is 5.73 Å². The average Bonchev–Trinajstić information content (AvgIpc) is 2.28. The molecule has 17 heavy (non-hydrogen) atoms. The van der Waals surface area contributed by atoms with Crippen LogP contribution in [0.4, 0.5) is 0 Å².